The lowest BCUT2D eigenvalue weighted by molar-refractivity contribution is -0.123. The second-order valence-electron chi connectivity index (χ2n) is 6.45. The van der Waals surface area contributed by atoms with Crippen LogP contribution in [0.2, 0.25) is 0 Å². The summed E-state index contributed by atoms with van der Waals surface area (Å²) in [4.78, 5) is 14.8. The second kappa shape index (κ2) is 8.64. The van der Waals surface area contributed by atoms with E-state index < -0.39 is 0 Å². The van der Waals surface area contributed by atoms with Crippen molar-refractivity contribution in [3.05, 3.63) is 54.4 Å². The number of rotatable bonds is 6. The second-order valence-corrected chi connectivity index (χ2v) is 6.45. The van der Waals surface area contributed by atoms with Gasteiger partial charge in [0.2, 0.25) is 5.91 Å². The number of benzene rings is 1. The maximum Gasteiger partial charge on any atom is 0.234 e. The molecule has 5 heteroatoms. The van der Waals surface area contributed by atoms with Crippen LogP contribution in [0.3, 0.4) is 0 Å². The normalized spacial score (nSPS) is 17.2. The average Bonchev–Trinajstić information content (AvgIpc) is 2.98. The van der Waals surface area contributed by atoms with Crippen molar-refractivity contribution in [3.8, 4) is 0 Å². The topological polar surface area (TPSA) is 50.2 Å². The van der Waals surface area contributed by atoms with Crippen LogP contribution in [0.5, 0.6) is 0 Å². The van der Waals surface area contributed by atoms with Crippen molar-refractivity contribution in [2.75, 3.05) is 19.6 Å². The lowest BCUT2D eigenvalue weighted by Crippen LogP contribution is -2.40. The van der Waals surface area contributed by atoms with Crippen LogP contribution in [0.1, 0.15) is 37.3 Å². The quantitative estimate of drug-likeness (QED) is 0.888. The number of carbonyl (C=O) groups is 1. The monoisotopic (exact) mass is 326 g/mol. The number of carbonyl (C=O) groups excluding carboxylic acids is 1. The number of amides is 1. The minimum absolute atomic E-state index is 0.0643. The van der Waals surface area contributed by atoms with Gasteiger partial charge in [0.15, 0.2) is 0 Å². The fourth-order valence-corrected chi connectivity index (χ4v) is 3.25. The van der Waals surface area contributed by atoms with Crippen LogP contribution in [-0.2, 0) is 11.3 Å². The Bertz CT molecular complexity index is 604. The van der Waals surface area contributed by atoms with E-state index in [9.17, 15) is 4.79 Å². The predicted molar refractivity (Wildman–Crippen MR) is 94.5 cm³/mol. The summed E-state index contributed by atoms with van der Waals surface area (Å²) in [6, 6.07) is 12.0. The Labute approximate surface area is 143 Å². The van der Waals surface area contributed by atoms with Crippen molar-refractivity contribution >= 4 is 5.91 Å². The van der Waals surface area contributed by atoms with Gasteiger partial charge in [-0.25, -0.2) is 0 Å². The van der Waals surface area contributed by atoms with Crippen LogP contribution in [0.4, 0.5) is 0 Å². The summed E-state index contributed by atoms with van der Waals surface area (Å²) in [5, 5.41) is 7.47. The molecule has 0 saturated carbocycles. The highest BCUT2D eigenvalue weighted by molar-refractivity contribution is 5.78. The van der Waals surface area contributed by atoms with Crippen molar-refractivity contribution < 1.29 is 4.79 Å². The Kier molecular flexibility index (Phi) is 6.01. The smallest absolute Gasteiger partial charge is 0.234 e. The summed E-state index contributed by atoms with van der Waals surface area (Å²) in [6.45, 7) is 3.19. The molecule has 1 N–H and O–H groups in total. The van der Waals surface area contributed by atoms with E-state index >= 15 is 0 Å². The first kappa shape index (κ1) is 16.7. The van der Waals surface area contributed by atoms with Gasteiger partial charge in [0.25, 0.3) is 0 Å². The molecule has 1 amide bonds. The number of aromatic nitrogens is 2. The van der Waals surface area contributed by atoms with Crippen molar-refractivity contribution in [2.24, 2.45) is 0 Å². The van der Waals surface area contributed by atoms with Gasteiger partial charge < -0.3 is 5.32 Å². The highest BCUT2D eigenvalue weighted by Gasteiger charge is 2.18. The standard InChI is InChI=1S/C19H26N4O/c24-19(16-22-12-6-1-2-7-13-22)21-18(15-23-14-8-11-20-23)17-9-4-3-5-10-17/h3-5,8-11,14,18H,1-2,6-7,12-13,15-16H2,(H,21,24)/t18-/m1/s1. The molecule has 1 saturated heterocycles. The molecule has 1 fully saturated rings. The number of nitrogens with zero attached hydrogens (tertiary/aromatic N) is 3. The van der Waals surface area contributed by atoms with Gasteiger partial charge in [0.1, 0.15) is 0 Å². The van der Waals surface area contributed by atoms with Crippen LogP contribution < -0.4 is 5.32 Å². The number of hydrogen-bond donors (Lipinski definition) is 1. The Morgan fingerprint density at radius 2 is 1.83 bits per heavy atom. The molecule has 3 rings (SSSR count). The van der Waals surface area contributed by atoms with Gasteiger partial charge in [-0.3, -0.25) is 14.4 Å². The van der Waals surface area contributed by atoms with Crippen LogP contribution in [-0.4, -0.2) is 40.2 Å². The van der Waals surface area contributed by atoms with E-state index in [0.29, 0.717) is 13.1 Å². The Balaban J connectivity index is 1.63. The van der Waals surface area contributed by atoms with Crippen LogP contribution in [0.15, 0.2) is 48.8 Å². The molecular weight excluding hydrogens is 300 g/mol. The third kappa shape index (κ3) is 4.93. The predicted octanol–water partition coefficient (Wildman–Crippen LogP) is 2.62. The van der Waals surface area contributed by atoms with Crippen LogP contribution >= 0.6 is 0 Å². The van der Waals surface area contributed by atoms with E-state index in [1.807, 2.05) is 35.1 Å². The first-order chi connectivity index (χ1) is 11.8. The minimum atomic E-state index is -0.0643. The molecule has 24 heavy (non-hydrogen) atoms. The van der Waals surface area contributed by atoms with Gasteiger partial charge in [-0.2, -0.15) is 5.10 Å². The van der Waals surface area contributed by atoms with Crippen LogP contribution in [0.25, 0.3) is 0 Å². The molecule has 1 aliphatic heterocycles. The molecule has 0 unspecified atom stereocenters. The molecule has 1 aromatic carbocycles. The van der Waals surface area contributed by atoms with E-state index in [4.69, 9.17) is 0 Å². The fourth-order valence-electron chi connectivity index (χ4n) is 3.25. The molecule has 2 aromatic rings. The molecule has 0 radical (unpaired) electrons. The van der Waals surface area contributed by atoms with E-state index in [0.717, 1.165) is 18.7 Å². The summed E-state index contributed by atoms with van der Waals surface area (Å²) in [7, 11) is 0. The highest BCUT2D eigenvalue weighted by atomic mass is 16.2. The summed E-state index contributed by atoms with van der Waals surface area (Å²) in [5.41, 5.74) is 1.11. The Hall–Kier alpha value is -2.14. The molecule has 5 nitrogen and oxygen atoms in total. The van der Waals surface area contributed by atoms with Crippen molar-refractivity contribution in [3.63, 3.8) is 0 Å². The van der Waals surface area contributed by atoms with Gasteiger partial charge in [0, 0.05) is 12.4 Å². The Morgan fingerprint density at radius 1 is 1.08 bits per heavy atom. The summed E-state index contributed by atoms with van der Waals surface area (Å²) < 4.78 is 1.86. The maximum atomic E-state index is 12.6. The van der Waals surface area contributed by atoms with Crippen LogP contribution in [0, 0.1) is 0 Å². The molecule has 0 spiro atoms. The van der Waals surface area contributed by atoms with E-state index in [2.05, 4.69) is 27.4 Å². The molecule has 0 aliphatic carbocycles. The Morgan fingerprint density at radius 3 is 2.50 bits per heavy atom. The highest BCUT2D eigenvalue weighted by Crippen LogP contribution is 2.15. The fraction of sp³-hybridized carbons (Fsp3) is 0.474. The largest absolute Gasteiger partial charge is 0.346 e. The zero-order valence-electron chi connectivity index (χ0n) is 14.1. The first-order valence-corrected chi connectivity index (χ1v) is 8.85. The summed E-state index contributed by atoms with van der Waals surface area (Å²) in [6.07, 6.45) is 8.65. The van der Waals surface area contributed by atoms with E-state index in [1.165, 1.54) is 25.7 Å². The molecule has 1 atom stereocenters. The zero-order valence-corrected chi connectivity index (χ0v) is 14.1. The molecular formula is C19H26N4O. The molecule has 2 heterocycles. The summed E-state index contributed by atoms with van der Waals surface area (Å²) in [5.74, 6) is 0.0953. The SMILES string of the molecule is O=C(CN1CCCCCC1)N[C@H](Cn1cccn1)c1ccccc1. The van der Waals surface area contributed by atoms with Crippen molar-refractivity contribution in [2.45, 2.75) is 38.3 Å². The third-order valence-corrected chi connectivity index (χ3v) is 4.53. The van der Waals surface area contributed by atoms with Gasteiger partial charge >= 0.3 is 0 Å². The van der Waals surface area contributed by atoms with Crippen molar-refractivity contribution in [1.82, 2.24) is 20.0 Å². The third-order valence-electron chi connectivity index (χ3n) is 4.53. The molecule has 128 valence electrons. The molecule has 1 aromatic heterocycles. The van der Waals surface area contributed by atoms with E-state index in [1.54, 1.807) is 6.20 Å². The molecule has 0 bridgehead atoms. The summed E-state index contributed by atoms with van der Waals surface area (Å²) >= 11 is 0. The van der Waals surface area contributed by atoms with Crippen molar-refractivity contribution in [1.29, 1.82) is 0 Å². The van der Waals surface area contributed by atoms with Gasteiger partial charge in [-0.1, -0.05) is 43.2 Å². The molecule has 1 aliphatic rings. The number of hydrogen-bond acceptors (Lipinski definition) is 3. The lowest BCUT2D eigenvalue weighted by Gasteiger charge is -2.23. The maximum absolute atomic E-state index is 12.6. The average molecular weight is 326 g/mol. The van der Waals surface area contributed by atoms with Gasteiger partial charge in [-0.15, -0.1) is 0 Å². The van der Waals surface area contributed by atoms with E-state index in [-0.39, 0.29) is 11.9 Å². The van der Waals surface area contributed by atoms with Gasteiger partial charge in [0.05, 0.1) is 19.1 Å². The number of likely N-dealkylation sites (tertiary alicyclic amines) is 1. The zero-order chi connectivity index (χ0) is 16.6. The lowest BCUT2D eigenvalue weighted by atomic mass is 10.1. The minimum Gasteiger partial charge on any atom is -0.346 e. The first-order valence-electron chi connectivity index (χ1n) is 8.85. The number of nitrogens with one attached hydrogen (secondary N) is 1. The van der Waals surface area contributed by atoms with Gasteiger partial charge in [-0.05, 0) is 37.6 Å².